The van der Waals surface area contributed by atoms with Gasteiger partial charge in [-0.25, -0.2) is 4.98 Å². The maximum Gasteiger partial charge on any atom is 0.318 e. The van der Waals surface area contributed by atoms with Crippen LogP contribution >= 0.6 is 0 Å². The third-order valence-corrected chi connectivity index (χ3v) is 10.8. The number of ether oxygens (including phenoxy) is 1. The van der Waals surface area contributed by atoms with Crippen molar-refractivity contribution in [2.45, 2.75) is 69.4 Å². The van der Waals surface area contributed by atoms with Crippen LogP contribution in [0.15, 0.2) is 60.9 Å². The zero-order valence-electron chi connectivity index (χ0n) is 27.7. The molecule has 6 heterocycles. The quantitative estimate of drug-likeness (QED) is 0.286. The SMILES string of the molecule is Cn1ccc2cnc(OC3CCN(c4ccc(CN5CCC(O)(c6ccc7c(c6)CN(C6CCC(=O)NC6=O)C7=O)CC5)cc4)CC3)nc21. The van der Waals surface area contributed by atoms with Crippen molar-refractivity contribution in [1.29, 1.82) is 0 Å². The van der Waals surface area contributed by atoms with Gasteiger partial charge in [0.2, 0.25) is 11.8 Å². The molecule has 3 fully saturated rings. The number of nitrogens with one attached hydrogen (secondary N) is 1. The van der Waals surface area contributed by atoms with Crippen LogP contribution in [0, 0.1) is 0 Å². The average Bonchev–Trinajstić information content (AvgIpc) is 3.64. The predicted molar refractivity (Wildman–Crippen MR) is 182 cm³/mol. The molecule has 0 radical (unpaired) electrons. The molecule has 1 atom stereocenters. The van der Waals surface area contributed by atoms with Crippen molar-refractivity contribution in [3.8, 4) is 6.01 Å². The summed E-state index contributed by atoms with van der Waals surface area (Å²) in [4.78, 5) is 52.4. The number of aliphatic hydroxyl groups is 1. The van der Waals surface area contributed by atoms with Gasteiger partial charge >= 0.3 is 6.01 Å². The van der Waals surface area contributed by atoms with Crippen molar-refractivity contribution in [2.24, 2.45) is 7.05 Å². The molecule has 3 amide bonds. The minimum absolute atomic E-state index is 0.0952. The number of amides is 3. The van der Waals surface area contributed by atoms with Gasteiger partial charge in [-0.05, 0) is 60.2 Å². The average molecular weight is 664 g/mol. The van der Waals surface area contributed by atoms with E-state index in [0.29, 0.717) is 37.4 Å². The first-order valence-electron chi connectivity index (χ1n) is 17.2. The number of rotatable bonds is 7. The number of anilines is 1. The number of aromatic nitrogens is 3. The molecule has 2 aromatic heterocycles. The first kappa shape index (κ1) is 31.5. The van der Waals surface area contributed by atoms with Crippen LogP contribution in [-0.4, -0.2) is 85.5 Å². The molecule has 12 nitrogen and oxygen atoms in total. The molecular formula is C37H41N7O5. The number of benzene rings is 2. The van der Waals surface area contributed by atoms with Gasteiger partial charge in [-0.15, -0.1) is 0 Å². The second kappa shape index (κ2) is 12.6. The fourth-order valence-corrected chi connectivity index (χ4v) is 7.77. The lowest BCUT2D eigenvalue weighted by Gasteiger charge is -2.39. The molecule has 0 saturated carbocycles. The fraction of sp³-hybridized carbons (Fsp3) is 0.432. The van der Waals surface area contributed by atoms with Crippen molar-refractivity contribution in [2.75, 3.05) is 31.1 Å². The molecular weight excluding hydrogens is 622 g/mol. The molecule has 4 aromatic rings. The summed E-state index contributed by atoms with van der Waals surface area (Å²) >= 11 is 0. The Balaban J connectivity index is 0.824. The van der Waals surface area contributed by atoms with E-state index in [1.165, 1.54) is 11.3 Å². The van der Waals surface area contributed by atoms with Crippen molar-refractivity contribution in [3.05, 3.63) is 83.2 Å². The van der Waals surface area contributed by atoms with E-state index in [-0.39, 0.29) is 24.3 Å². The first-order chi connectivity index (χ1) is 23.7. The fourth-order valence-electron chi connectivity index (χ4n) is 7.77. The number of nitrogens with zero attached hydrogens (tertiary/aromatic N) is 6. The molecule has 12 heteroatoms. The highest BCUT2D eigenvalue weighted by atomic mass is 16.5. The molecule has 254 valence electrons. The number of likely N-dealkylation sites (tertiary alicyclic amines) is 1. The molecule has 2 aromatic carbocycles. The van der Waals surface area contributed by atoms with Crippen molar-refractivity contribution in [3.63, 3.8) is 0 Å². The first-order valence-corrected chi connectivity index (χ1v) is 17.2. The normalized spacial score (nSPS) is 21.7. The van der Waals surface area contributed by atoms with Gasteiger partial charge in [0.25, 0.3) is 5.91 Å². The number of fused-ring (bicyclic) bond motifs is 2. The number of carbonyl (C=O) groups excluding carboxylic acids is 3. The topological polar surface area (TPSA) is 133 Å². The van der Waals surface area contributed by atoms with Crippen LogP contribution in [0.25, 0.3) is 11.0 Å². The van der Waals surface area contributed by atoms with Gasteiger partial charge < -0.3 is 24.2 Å². The van der Waals surface area contributed by atoms with Crippen LogP contribution in [0.2, 0.25) is 0 Å². The van der Waals surface area contributed by atoms with Gasteiger partial charge in [-0.3, -0.25) is 24.6 Å². The molecule has 8 rings (SSSR count). The summed E-state index contributed by atoms with van der Waals surface area (Å²) in [6, 6.07) is 16.2. The Morgan fingerprint density at radius 2 is 1.76 bits per heavy atom. The Morgan fingerprint density at radius 3 is 2.51 bits per heavy atom. The molecule has 4 aliphatic rings. The number of aryl methyl sites for hydroxylation is 1. The highest BCUT2D eigenvalue weighted by Crippen LogP contribution is 2.37. The van der Waals surface area contributed by atoms with Crippen molar-refractivity contribution >= 4 is 34.4 Å². The Kier molecular flexibility index (Phi) is 8.07. The highest BCUT2D eigenvalue weighted by molar-refractivity contribution is 6.05. The summed E-state index contributed by atoms with van der Waals surface area (Å²) in [6.07, 6.45) is 7.44. The maximum atomic E-state index is 13.1. The second-order valence-corrected chi connectivity index (χ2v) is 13.9. The van der Waals surface area contributed by atoms with Gasteiger partial charge in [-0.1, -0.05) is 24.3 Å². The van der Waals surface area contributed by atoms with Crippen molar-refractivity contribution < 1.29 is 24.2 Å². The van der Waals surface area contributed by atoms with Gasteiger partial charge in [0, 0.05) is 94.6 Å². The zero-order valence-corrected chi connectivity index (χ0v) is 27.7. The highest BCUT2D eigenvalue weighted by Gasteiger charge is 2.41. The van der Waals surface area contributed by atoms with E-state index < -0.39 is 17.6 Å². The van der Waals surface area contributed by atoms with Crippen LogP contribution in [0.1, 0.15) is 65.6 Å². The lowest BCUT2D eigenvalue weighted by molar-refractivity contribution is -0.136. The van der Waals surface area contributed by atoms with Crippen molar-refractivity contribution in [1.82, 2.24) is 29.7 Å². The van der Waals surface area contributed by atoms with Gasteiger partial charge in [0.05, 0.1) is 5.60 Å². The van der Waals surface area contributed by atoms with E-state index in [2.05, 4.69) is 49.4 Å². The van der Waals surface area contributed by atoms with Crippen LogP contribution in [-0.2, 0) is 35.3 Å². The van der Waals surface area contributed by atoms with Gasteiger partial charge in [-0.2, -0.15) is 4.98 Å². The summed E-state index contributed by atoms with van der Waals surface area (Å²) in [5.41, 5.74) is 4.55. The molecule has 0 aliphatic carbocycles. The maximum absolute atomic E-state index is 13.1. The molecule has 0 bridgehead atoms. The lowest BCUT2D eigenvalue weighted by atomic mass is 9.83. The number of hydrogen-bond acceptors (Lipinski definition) is 9. The van der Waals surface area contributed by atoms with E-state index in [9.17, 15) is 19.5 Å². The summed E-state index contributed by atoms with van der Waals surface area (Å²) in [6.45, 7) is 4.45. The lowest BCUT2D eigenvalue weighted by Crippen LogP contribution is -2.52. The van der Waals surface area contributed by atoms with Crippen LogP contribution in [0.3, 0.4) is 0 Å². The molecule has 3 saturated heterocycles. The van der Waals surface area contributed by atoms with Gasteiger partial charge in [0.15, 0.2) is 0 Å². The minimum atomic E-state index is -0.976. The zero-order chi connectivity index (χ0) is 33.7. The smallest absolute Gasteiger partial charge is 0.318 e. The molecule has 2 N–H and O–H groups in total. The van der Waals surface area contributed by atoms with E-state index in [1.54, 1.807) is 11.0 Å². The number of imide groups is 1. The van der Waals surface area contributed by atoms with E-state index in [0.717, 1.165) is 67.7 Å². The largest absolute Gasteiger partial charge is 0.460 e. The summed E-state index contributed by atoms with van der Waals surface area (Å²) < 4.78 is 8.13. The van der Waals surface area contributed by atoms with E-state index in [4.69, 9.17) is 4.74 Å². The summed E-state index contributed by atoms with van der Waals surface area (Å²) in [5.74, 6) is -0.919. The Hall–Kier alpha value is -4.81. The monoisotopic (exact) mass is 663 g/mol. The van der Waals surface area contributed by atoms with Crippen LogP contribution in [0.4, 0.5) is 5.69 Å². The molecule has 0 spiro atoms. The third kappa shape index (κ3) is 6.15. The summed E-state index contributed by atoms with van der Waals surface area (Å²) in [5, 5.41) is 15.0. The van der Waals surface area contributed by atoms with Crippen LogP contribution < -0.4 is 15.0 Å². The van der Waals surface area contributed by atoms with Crippen LogP contribution in [0.5, 0.6) is 6.01 Å². The Bertz CT molecular complexity index is 1910. The number of carbonyl (C=O) groups is 3. The Labute approximate surface area is 284 Å². The van der Waals surface area contributed by atoms with Gasteiger partial charge in [0.1, 0.15) is 17.8 Å². The molecule has 4 aliphatic heterocycles. The Morgan fingerprint density at radius 1 is 0.980 bits per heavy atom. The molecule has 49 heavy (non-hydrogen) atoms. The molecule has 1 unspecified atom stereocenters. The predicted octanol–water partition coefficient (Wildman–Crippen LogP) is 3.26. The minimum Gasteiger partial charge on any atom is -0.460 e. The number of piperidine rings is 3. The third-order valence-electron chi connectivity index (χ3n) is 10.8. The second-order valence-electron chi connectivity index (χ2n) is 13.9. The standard InChI is InChI=1S/C37H41N7O5/c1-41-15-10-25-21-38-36(40-33(25)41)49-29-11-16-43(17-12-29)28-5-2-24(3-6-28)22-42-18-13-37(48,14-19-42)27-4-7-30-26(20-27)23-44(35(30)47)31-8-9-32(45)39-34(31)46/h2-7,10,15,20-21,29,31,48H,8-9,11-14,16-19,22-23H2,1H3,(H,39,45,46). The summed E-state index contributed by atoms with van der Waals surface area (Å²) in [7, 11) is 1.97. The van der Waals surface area contributed by atoms with E-state index >= 15 is 0 Å². The van der Waals surface area contributed by atoms with E-state index in [1.807, 2.05) is 42.2 Å². The number of hydrogen-bond donors (Lipinski definition) is 2.